The van der Waals surface area contributed by atoms with Crippen LogP contribution in [-0.4, -0.2) is 51.3 Å². The molecule has 0 aliphatic carbocycles. The molecule has 0 saturated heterocycles. The number of para-hydroxylation sites is 2. The van der Waals surface area contributed by atoms with Crippen LogP contribution in [0.1, 0.15) is 25.0 Å². The van der Waals surface area contributed by atoms with E-state index in [1.54, 1.807) is 13.2 Å². The van der Waals surface area contributed by atoms with Crippen molar-refractivity contribution < 1.29 is 13.9 Å². The number of benzene rings is 2. The van der Waals surface area contributed by atoms with Gasteiger partial charge in [-0.05, 0) is 57.8 Å². The summed E-state index contributed by atoms with van der Waals surface area (Å²) in [6, 6.07) is 12.7. The van der Waals surface area contributed by atoms with Crippen molar-refractivity contribution in [3.8, 4) is 11.5 Å². The first-order chi connectivity index (χ1) is 14.4. The molecule has 30 heavy (non-hydrogen) atoms. The molecular weight excluding hydrogens is 383 g/mol. The number of hydrogen-bond donors (Lipinski definition) is 2. The Morgan fingerprint density at radius 2 is 1.87 bits per heavy atom. The maximum atomic E-state index is 14.0. The number of aliphatic imine (C=N–C) groups is 1. The minimum atomic E-state index is -0.191. The van der Waals surface area contributed by atoms with Gasteiger partial charge in [-0.15, -0.1) is 0 Å². The van der Waals surface area contributed by atoms with Gasteiger partial charge in [0, 0.05) is 18.7 Å². The highest BCUT2D eigenvalue weighted by atomic mass is 19.1. The SMILES string of the molecule is CCNC(=NCc1ccc(F)c(CN(C)C)c1)NCC(C)Oc1ccccc1OC. The van der Waals surface area contributed by atoms with Crippen LogP contribution in [0.4, 0.5) is 4.39 Å². The average Bonchev–Trinajstić information content (AvgIpc) is 2.72. The summed E-state index contributed by atoms with van der Waals surface area (Å²) in [6.07, 6.45) is -0.0947. The quantitative estimate of drug-likeness (QED) is 0.459. The van der Waals surface area contributed by atoms with Crippen LogP contribution >= 0.6 is 0 Å². The Kier molecular flexibility index (Phi) is 9.41. The van der Waals surface area contributed by atoms with E-state index in [2.05, 4.69) is 15.6 Å². The molecule has 0 aromatic heterocycles. The van der Waals surface area contributed by atoms with E-state index in [0.717, 1.165) is 12.1 Å². The van der Waals surface area contributed by atoms with E-state index in [4.69, 9.17) is 9.47 Å². The fourth-order valence-corrected chi connectivity index (χ4v) is 2.92. The van der Waals surface area contributed by atoms with Crippen molar-refractivity contribution in [3.05, 3.63) is 59.4 Å². The lowest BCUT2D eigenvalue weighted by atomic mass is 10.1. The zero-order valence-electron chi connectivity index (χ0n) is 18.5. The lowest BCUT2D eigenvalue weighted by molar-refractivity contribution is 0.213. The molecule has 0 aliphatic heterocycles. The molecule has 0 spiro atoms. The normalized spacial score (nSPS) is 12.6. The van der Waals surface area contributed by atoms with Crippen LogP contribution in [0, 0.1) is 5.82 Å². The molecule has 0 radical (unpaired) electrons. The third kappa shape index (κ3) is 7.55. The number of halogens is 1. The predicted octanol–water partition coefficient (Wildman–Crippen LogP) is 3.42. The number of rotatable bonds is 10. The molecular formula is C23H33FN4O2. The second-order valence-corrected chi connectivity index (χ2v) is 7.32. The van der Waals surface area contributed by atoms with E-state index < -0.39 is 0 Å². The van der Waals surface area contributed by atoms with Gasteiger partial charge in [0.15, 0.2) is 17.5 Å². The zero-order chi connectivity index (χ0) is 21.9. The van der Waals surface area contributed by atoms with Crippen molar-refractivity contribution in [3.63, 3.8) is 0 Å². The van der Waals surface area contributed by atoms with E-state index in [1.807, 2.05) is 63.2 Å². The summed E-state index contributed by atoms with van der Waals surface area (Å²) in [5, 5.41) is 6.53. The fourth-order valence-electron chi connectivity index (χ4n) is 2.92. The molecule has 0 bridgehead atoms. The molecule has 1 atom stereocenters. The van der Waals surface area contributed by atoms with Crippen molar-refractivity contribution in [1.82, 2.24) is 15.5 Å². The lowest BCUT2D eigenvalue weighted by Gasteiger charge is -2.19. The molecule has 0 aliphatic rings. The molecule has 164 valence electrons. The van der Waals surface area contributed by atoms with Crippen molar-refractivity contribution in [2.75, 3.05) is 34.3 Å². The highest BCUT2D eigenvalue weighted by molar-refractivity contribution is 5.79. The minimum Gasteiger partial charge on any atom is -0.493 e. The second kappa shape index (κ2) is 12.0. The van der Waals surface area contributed by atoms with Crippen molar-refractivity contribution >= 4 is 5.96 Å². The summed E-state index contributed by atoms with van der Waals surface area (Å²) < 4.78 is 25.3. The molecule has 0 saturated carbocycles. The standard InChI is InChI=1S/C23H33FN4O2/c1-6-25-23(26-14-17(2)30-22-10-8-7-9-21(22)29-5)27-15-18-11-12-20(24)19(13-18)16-28(3)4/h7-13,17H,6,14-16H2,1-5H3,(H2,25,26,27). The van der Waals surface area contributed by atoms with Gasteiger partial charge in [0.1, 0.15) is 11.9 Å². The first-order valence-corrected chi connectivity index (χ1v) is 10.2. The molecule has 2 rings (SSSR count). The van der Waals surface area contributed by atoms with Gasteiger partial charge in [-0.2, -0.15) is 0 Å². The minimum absolute atomic E-state index is 0.0947. The number of hydrogen-bond acceptors (Lipinski definition) is 4. The molecule has 6 nitrogen and oxygen atoms in total. The number of nitrogens with zero attached hydrogens (tertiary/aromatic N) is 2. The van der Waals surface area contributed by atoms with Crippen LogP contribution in [0.15, 0.2) is 47.5 Å². The third-order valence-electron chi connectivity index (χ3n) is 4.31. The van der Waals surface area contributed by atoms with E-state index in [1.165, 1.54) is 6.07 Å². The number of methoxy groups -OCH3 is 1. The molecule has 0 amide bonds. The van der Waals surface area contributed by atoms with E-state index in [9.17, 15) is 4.39 Å². The van der Waals surface area contributed by atoms with Crippen LogP contribution in [0.3, 0.4) is 0 Å². The van der Waals surface area contributed by atoms with E-state index >= 15 is 0 Å². The molecule has 0 fully saturated rings. The molecule has 1 unspecified atom stereocenters. The summed E-state index contributed by atoms with van der Waals surface area (Å²) in [7, 11) is 5.47. The number of guanidine groups is 1. The van der Waals surface area contributed by atoms with Crippen molar-refractivity contribution in [1.29, 1.82) is 0 Å². The van der Waals surface area contributed by atoms with E-state index in [0.29, 0.717) is 42.7 Å². The Bertz CT molecular complexity index is 827. The Balaban J connectivity index is 1.97. The monoisotopic (exact) mass is 416 g/mol. The van der Waals surface area contributed by atoms with E-state index in [-0.39, 0.29) is 11.9 Å². The summed E-state index contributed by atoms with van der Waals surface area (Å²) in [5.41, 5.74) is 1.63. The predicted molar refractivity (Wildman–Crippen MR) is 120 cm³/mol. The molecule has 2 aromatic carbocycles. The summed E-state index contributed by atoms with van der Waals surface area (Å²) >= 11 is 0. The Labute approximate surface area is 179 Å². The van der Waals surface area contributed by atoms with Gasteiger partial charge in [0.2, 0.25) is 0 Å². The van der Waals surface area contributed by atoms with Gasteiger partial charge in [-0.25, -0.2) is 9.38 Å². The van der Waals surface area contributed by atoms with Crippen LogP contribution in [0.5, 0.6) is 11.5 Å². The second-order valence-electron chi connectivity index (χ2n) is 7.32. The molecule has 2 aromatic rings. The summed E-state index contributed by atoms with van der Waals surface area (Å²) in [4.78, 5) is 6.57. The summed E-state index contributed by atoms with van der Waals surface area (Å²) in [6.45, 7) is 6.31. The summed E-state index contributed by atoms with van der Waals surface area (Å²) in [5.74, 6) is 1.90. The molecule has 7 heteroatoms. The average molecular weight is 417 g/mol. The Hall–Kier alpha value is -2.80. The topological polar surface area (TPSA) is 58.1 Å². The van der Waals surface area contributed by atoms with Gasteiger partial charge < -0.3 is 25.0 Å². The van der Waals surface area contributed by atoms with Gasteiger partial charge in [-0.3, -0.25) is 0 Å². The van der Waals surface area contributed by atoms with Gasteiger partial charge in [0.05, 0.1) is 20.2 Å². The number of nitrogens with one attached hydrogen (secondary N) is 2. The first kappa shape index (κ1) is 23.5. The maximum Gasteiger partial charge on any atom is 0.191 e. The largest absolute Gasteiger partial charge is 0.493 e. The number of ether oxygens (including phenoxy) is 2. The highest BCUT2D eigenvalue weighted by Gasteiger charge is 2.10. The van der Waals surface area contributed by atoms with Crippen LogP contribution < -0.4 is 20.1 Å². The Morgan fingerprint density at radius 3 is 2.53 bits per heavy atom. The lowest BCUT2D eigenvalue weighted by Crippen LogP contribution is -2.41. The van der Waals surface area contributed by atoms with Crippen LogP contribution in [-0.2, 0) is 13.1 Å². The smallest absolute Gasteiger partial charge is 0.191 e. The zero-order valence-corrected chi connectivity index (χ0v) is 18.5. The molecule has 2 N–H and O–H groups in total. The van der Waals surface area contributed by atoms with Gasteiger partial charge in [0.25, 0.3) is 0 Å². The van der Waals surface area contributed by atoms with Crippen molar-refractivity contribution in [2.45, 2.75) is 33.0 Å². The highest BCUT2D eigenvalue weighted by Crippen LogP contribution is 2.26. The molecule has 0 heterocycles. The van der Waals surface area contributed by atoms with Crippen LogP contribution in [0.2, 0.25) is 0 Å². The third-order valence-corrected chi connectivity index (χ3v) is 4.31. The maximum absolute atomic E-state index is 14.0. The first-order valence-electron chi connectivity index (χ1n) is 10.2. The van der Waals surface area contributed by atoms with Crippen LogP contribution in [0.25, 0.3) is 0 Å². The fraction of sp³-hybridized carbons (Fsp3) is 0.435. The Morgan fingerprint density at radius 1 is 1.13 bits per heavy atom. The van der Waals surface area contributed by atoms with Gasteiger partial charge in [-0.1, -0.05) is 18.2 Å². The van der Waals surface area contributed by atoms with Gasteiger partial charge >= 0.3 is 0 Å². The van der Waals surface area contributed by atoms with Crippen molar-refractivity contribution in [2.24, 2.45) is 4.99 Å².